The lowest BCUT2D eigenvalue weighted by Gasteiger charge is -2.34. The van der Waals surface area contributed by atoms with Crippen molar-refractivity contribution in [1.29, 1.82) is 0 Å². The molecule has 2 rings (SSSR count). The molecule has 1 aliphatic rings. The van der Waals surface area contributed by atoms with E-state index in [0.717, 1.165) is 31.6 Å². The lowest BCUT2D eigenvalue weighted by atomic mass is 9.91. The summed E-state index contributed by atoms with van der Waals surface area (Å²) in [6, 6.07) is 4.18. The van der Waals surface area contributed by atoms with E-state index in [2.05, 4.69) is 11.9 Å². The Morgan fingerprint density at radius 2 is 2.27 bits per heavy atom. The molecule has 0 aliphatic heterocycles. The first-order valence-corrected chi connectivity index (χ1v) is 5.68. The van der Waals surface area contributed by atoms with Crippen LogP contribution in [0.25, 0.3) is 0 Å². The number of hydrogen-bond donors (Lipinski definition) is 1. The van der Waals surface area contributed by atoms with Gasteiger partial charge in [-0.3, -0.25) is 4.90 Å². The van der Waals surface area contributed by atoms with E-state index in [4.69, 9.17) is 4.42 Å². The van der Waals surface area contributed by atoms with E-state index in [0.29, 0.717) is 6.04 Å². The Morgan fingerprint density at radius 3 is 2.93 bits per heavy atom. The van der Waals surface area contributed by atoms with Gasteiger partial charge in [0.25, 0.3) is 0 Å². The molecular formula is C12H19NO2. The zero-order valence-corrected chi connectivity index (χ0v) is 9.22. The molecule has 1 fully saturated rings. The van der Waals surface area contributed by atoms with E-state index in [-0.39, 0.29) is 6.10 Å². The van der Waals surface area contributed by atoms with Crippen molar-refractivity contribution in [1.82, 2.24) is 4.90 Å². The molecule has 0 radical (unpaired) electrons. The Balaban J connectivity index is 1.91. The molecule has 3 nitrogen and oxygen atoms in total. The molecule has 2 atom stereocenters. The van der Waals surface area contributed by atoms with Crippen LogP contribution >= 0.6 is 0 Å². The minimum absolute atomic E-state index is 0.168. The molecule has 15 heavy (non-hydrogen) atoms. The first kappa shape index (κ1) is 10.7. The molecule has 0 aromatic carbocycles. The molecule has 0 spiro atoms. The van der Waals surface area contributed by atoms with Crippen molar-refractivity contribution in [2.24, 2.45) is 0 Å². The zero-order chi connectivity index (χ0) is 10.7. The predicted molar refractivity (Wildman–Crippen MR) is 58.4 cm³/mol. The number of furan rings is 1. The van der Waals surface area contributed by atoms with Crippen LogP contribution in [0.15, 0.2) is 22.8 Å². The summed E-state index contributed by atoms with van der Waals surface area (Å²) in [7, 11) is 2.06. The molecular weight excluding hydrogens is 190 g/mol. The summed E-state index contributed by atoms with van der Waals surface area (Å²) in [5.74, 6) is 0.968. The lowest BCUT2D eigenvalue weighted by molar-refractivity contribution is 0.0262. The van der Waals surface area contributed by atoms with Crippen molar-refractivity contribution in [2.75, 3.05) is 7.05 Å². The molecule has 0 unspecified atom stereocenters. The van der Waals surface area contributed by atoms with Crippen LogP contribution in [0.3, 0.4) is 0 Å². The van der Waals surface area contributed by atoms with Gasteiger partial charge >= 0.3 is 0 Å². The molecule has 3 heteroatoms. The molecule has 1 aromatic heterocycles. The van der Waals surface area contributed by atoms with Crippen LogP contribution < -0.4 is 0 Å². The monoisotopic (exact) mass is 209 g/mol. The van der Waals surface area contributed by atoms with Crippen LogP contribution in [0.4, 0.5) is 0 Å². The number of aliphatic hydroxyl groups is 1. The summed E-state index contributed by atoms with van der Waals surface area (Å²) in [5.41, 5.74) is 0. The quantitative estimate of drug-likeness (QED) is 0.827. The van der Waals surface area contributed by atoms with Gasteiger partial charge in [0.15, 0.2) is 0 Å². The molecule has 1 aromatic rings. The van der Waals surface area contributed by atoms with Gasteiger partial charge in [-0.15, -0.1) is 0 Å². The minimum Gasteiger partial charge on any atom is -0.468 e. The first-order chi connectivity index (χ1) is 7.27. The highest BCUT2D eigenvalue weighted by Gasteiger charge is 2.26. The molecule has 0 amide bonds. The summed E-state index contributed by atoms with van der Waals surface area (Å²) in [6.07, 6.45) is 5.95. The van der Waals surface area contributed by atoms with Gasteiger partial charge in [-0.05, 0) is 32.0 Å². The molecule has 1 N–H and O–H groups in total. The van der Waals surface area contributed by atoms with Crippen molar-refractivity contribution >= 4 is 0 Å². The number of likely N-dealkylation sites (N-methyl/N-ethyl adjacent to an activating group) is 1. The Hall–Kier alpha value is -0.800. The van der Waals surface area contributed by atoms with Gasteiger partial charge in [-0.25, -0.2) is 0 Å². The van der Waals surface area contributed by atoms with Crippen molar-refractivity contribution < 1.29 is 9.52 Å². The van der Waals surface area contributed by atoms with E-state index in [1.54, 1.807) is 6.26 Å². The Labute approximate surface area is 90.7 Å². The van der Waals surface area contributed by atoms with Crippen LogP contribution in [0.2, 0.25) is 0 Å². The maximum Gasteiger partial charge on any atom is 0.117 e. The van der Waals surface area contributed by atoms with Gasteiger partial charge in [-0.2, -0.15) is 0 Å². The van der Waals surface area contributed by atoms with Crippen LogP contribution in [0.5, 0.6) is 0 Å². The predicted octanol–water partition coefficient (Wildman–Crippen LogP) is 2.01. The highest BCUT2D eigenvalue weighted by Crippen LogP contribution is 2.23. The third-order valence-electron chi connectivity index (χ3n) is 3.25. The van der Waals surface area contributed by atoms with Crippen molar-refractivity contribution in [3.63, 3.8) is 0 Å². The third kappa shape index (κ3) is 2.61. The van der Waals surface area contributed by atoms with Crippen molar-refractivity contribution in [2.45, 2.75) is 44.4 Å². The second-order valence-corrected chi connectivity index (χ2v) is 4.41. The molecule has 1 heterocycles. The lowest BCUT2D eigenvalue weighted by Crippen LogP contribution is -2.42. The summed E-state index contributed by atoms with van der Waals surface area (Å²) in [5, 5.41) is 9.90. The average molecular weight is 209 g/mol. The van der Waals surface area contributed by atoms with Crippen molar-refractivity contribution in [3.05, 3.63) is 24.2 Å². The van der Waals surface area contributed by atoms with Crippen LogP contribution in [-0.2, 0) is 6.54 Å². The molecule has 0 saturated heterocycles. The Morgan fingerprint density at radius 1 is 1.47 bits per heavy atom. The van der Waals surface area contributed by atoms with Crippen LogP contribution in [0, 0.1) is 0 Å². The normalized spacial score (nSPS) is 27.1. The molecule has 1 saturated carbocycles. The first-order valence-electron chi connectivity index (χ1n) is 5.68. The van der Waals surface area contributed by atoms with E-state index in [1.165, 1.54) is 6.42 Å². The molecule has 0 bridgehead atoms. The fourth-order valence-corrected chi connectivity index (χ4v) is 2.37. The fraction of sp³-hybridized carbons (Fsp3) is 0.667. The molecule has 84 valence electrons. The third-order valence-corrected chi connectivity index (χ3v) is 3.25. The largest absolute Gasteiger partial charge is 0.468 e. The van der Waals surface area contributed by atoms with Gasteiger partial charge in [-0.1, -0.05) is 12.8 Å². The SMILES string of the molecule is CN(Cc1ccco1)[C@@H]1CCCC[C@H]1O. The summed E-state index contributed by atoms with van der Waals surface area (Å²) in [6.45, 7) is 0.786. The van der Waals surface area contributed by atoms with Gasteiger partial charge in [0.05, 0.1) is 18.9 Å². The van der Waals surface area contributed by atoms with Gasteiger partial charge in [0, 0.05) is 6.04 Å². The second-order valence-electron chi connectivity index (χ2n) is 4.41. The minimum atomic E-state index is -0.168. The van der Waals surface area contributed by atoms with E-state index in [1.807, 2.05) is 12.1 Å². The fourth-order valence-electron chi connectivity index (χ4n) is 2.37. The van der Waals surface area contributed by atoms with Crippen LogP contribution in [0.1, 0.15) is 31.4 Å². The topological polar surface area (TPSA) is 36.6 Å². The summed E-state index contributed by atoms with van der Waals surface area (Å²) < 4.78 is 5.31. The van der Waals surface area contributed by atoms with Gasteiger partial charge < -0.3 is 9.52 Å². The number of hydrogen-bond acceptors (Lipinski definition) is 3. The van der Waals surface area contributed by atoms with Crippen LogP contribution in [-0.4, -0.2) is 29.2 Å². The van der Waals surface area contributed by atoms with E-state index < -0.39 is 0 Å². The molecule has 1 aliphatic carbocycles. The summed E-state index contributed by atoms with van der Waals surface area (Å²) >= 11 is 0. The summed E-state index contributed by atoms with van der Waals surface area (Å²) in [4.78, 5) is 2.20. The smallest absolute Gasteiger partial charge is 0.117 e. The number of rotatable bonds is 3. The number of nitrogens with zero attached hydrogens (tertiary/aromatic N) is 1. The van der Waals surface area contributed by atoms with Crippen molar-refractivity contribution in [3.8, 4) is 0 Å². The maximum absolute atomic E-state index is 9.90. The van der Waals surface area contributed by atoms with Gasteiger partial charge in [0.2, 0.25) is 0 Å². The maximum atomic E-state index is 9.90. The number of aliphatic hydroxyl groups excluding tert-OH is 1. The Kier molecular flexibility index (Phi) is 3.44. The second kappa shape index (κ2) is 4.81. The van der Waals surface area contributed by atoms with E-state index in [9.17, 15) is 5.11 Å². The van der Waals surface area contributed by atoms with E-state index >= 15 is 0 Å². The average Bonchev–Trinajstić information content (AvgIpc) is 2.71. The standard InChI is InChI=1S/C12H19NO2/c1-13(9-10-5-4-8-15-10)11-6-2-3-7-12(11)14/h4-5,8,11-12,14H,2-3,6-7,9H2,1H3/t11-,12-/m1/s1. The Bertz CT molecular complexity index is 284. The highest BCUT2D eigenvalue weighted by molar-refractivity contribution is 4.98. The van der Waals surface area contributed by atoms with Gasteiger partial charge in [0.1, 0.15) is 5.76 Å². The zero-order valence-electron chi connectivity index (χ0n) is 9.22. The highest BCUT2D eigenvalue weighted by atomic mass is 16.3.